The molecule has 3 rings (SSSR count). The number of nitrogens with zero attached hydrogens (tertiary/aromatic N) is 4. The monoisotopic (exact) mass is 440 g/mol. The van der Waals surface area contributed by atoms with Gasteiger partial charge in [-0.25, -0.2) is 18.4 Å². The van der Waals surface area contributed by atoms with Crippen LogP contribution in [0.2, 0.25) is 0 Å². The van der Waals surface area contributed by atoms with Crippen molar-refractivity contribution in [3.05, 3.63) is 41.7 Å². The van der Waals surface area contributed by atoms with Gasteiger partial charge in [-0.2, -0.15) is 26.3 Å². The van der Waals surface area contributed by atoms with Gasteiger partial charge in [0.1, 0.15) is 6.33 Å². The standard InChI is InChI=1S/C17H12F8N4O/c1-9(2-13(30)28-6-15(18,19)7-28)29-8-26-14(27-29)10-3-11(16(20,21)22)5-12(4-10)17(23,24)25/h2-5,8H,6-7H2,1H3. The molecule has 0 unspecified atom stereocenters. The number of alkyl halides is 8. The number of benzene rings is 1. The zero-order valence-electron chi connectivity index (χ0n) is 15.0. The van der Waals surface area contributed by atoms with Crippen molar-refractivity contribution in [1.82, 2.24) is 19.7 Å². The molecular weight excluding hydrogens is 428 g/mol. The quantitative estimate of drug-likeness (QED) is 0.528. The largest absolute Gasteiger partial charge is 0.416 e. The lowest BCUT2D eigenvalue weighted by Gasteiger charge is -2.38. The topological polar surface area (TPSA) is 51.0 Å². The highest BCUT2D eigenvalue weighted by Gasteiger charge is 2.45. The van der Waals surface area contributed by atoms with E-state index in [0.29, 0.717) is 12.1 Å². The van der Waals surface area contributed by atoms with Crippen molar-refractivity contribution in [1.29, 1.82) is 0 Å². The maximum atomic E-state index is 13.0. The van der Waals surface area contributed by atoms with Gasteiger partial charge in [-0.15, -0.1) is 5.10 Å². The Hall–Kier alpha value is -2.99. The zero-order chi connectivity index (χ0) is 22.5. The second-order valence-corrected chi connectivity index (χ2v) is 6.64. The van der Waals surface area contributed by atoms with Crippen LogP contribution in [0.4, 0.5) is 35.1 Å². The molecule has 0 N–H and O–H groups in total. The van der Waals surface area contributed by atoms with Crippen molar-refractivity contribution < 1.29 is 39.9 Å². The predicted octanol–water partition coefficient (Wildman–Crippen LogP) is 4.32. The van der Waals surface area contributed by atoms with E-state index in [1.807, 2.05) is 0 Å². The molecule has 0 radical (unpaired) electrons. The van der Waals surface area contributed by atoms with Crippen LogP contribution in [-0.2, 0) is 17.1 Å². The van der Waals surface area contributed by atoms with Crippen LogP contribution in [0.15, 0.2) is 30.6 Å². The fourth-order valence-electron chi connectivity index (χ4n) is 2.65. The van der Waals surface area contributed by atoms with E-state index in [4.69, 9.17) is 0 Å². The summed E-state index contributed by atoms with van der Waals surface area (Å²) in [4.78, 5) is 16.4. The molecule has 0 atom stereocenters. The minimum Gasteiger partial charge on any atom is -0.327 e. The van der Waals surface area contributed by atoms with Crippen LogP contribution in [0.3, 0.4) is 0 Å². The van der Waals surface area contributed by atoms with Crippen molar-refractivity contribution in [2.24, 2.45) is 0 Å². The van der Waals surface area contributed by atoms with E-state index < -0.39 is 59.8 Å². The van der Waals surface area contributed by atoms with Gasteiger partial charge >= 0.3 is 12.4 Å². The number of hydrogen-bond donors (Lipinski definition) is 0. The van der Waals surface area contributed by atoms with Crippen molar-refractivity contribution in [2.75, 3.05) is 13.1 Å². The Morgan fingerprint density at radius 2 is 1.57 bits per heavy atom. The first-order valence-electron chi connectivity index (χ1n) is 8.23. The SMILES string of the molecule is CC(=CC(=O)N1CC(F)(F)C1)n1cnc(-c2cc(C(F)(F)F)cc(C(F)(F)F)c2)n1. The number of carbonyl (C=O) groups is 1. The third-order valence-corrected chi connectivity index (χ3v) is 4.19. The van der Waals surface area contributed by atoms with Gasteiger partial charge in [0.2, 0.25) is 5.91 Å². The maximum absolute atomic E-state index is 13.0. The van der Waals surface area contributed by atoms with Crippen LogP contribution >= 0.6 is 0 Å². The van der Waals surface area contributed by atoms with Crippen LogP contribution < -0.4 is 0 Å². The van der Waals surface area contributed by atoms with Crippen LogP contribution in [0.25, 0.3) is 17.1 Å². The van der Waals surface area contributed by atoms with E-state index in [-0.39, 0.29) is 11.8 Å². The summed E-state index contributed by atoms with van der Waals surface area (Å²) in [7, 11) is 0. The minimum atomic E-state index is -5.03. The van der Waals surface area contributed by atoms with E-state index in [0.717, 1.165) is 22.0 Å². The smallest absolute Gasteiger partial charge is 0.327 e. The van der Waals surface area contributed by atoms with E-state index in [1.165, 1.54) is 6.92 Å². The zero-order valence-corrected chi connectivity index (χ0v) is 15.0. The Kier molecular flexibility index (Phi) is 5.11. The molecular formula is C17H12F8N4O. The number of likely N-dealkylation sites (tertiary alicyclic amines) is 1. The van der Waals surface area contributed by atoms with Crippen LogP contribution in [-0.4, -0.2) is 44.6 Å². The Labute approximate surface area is 163 Å². The Morgan fingerprint density at radius 1 is 1.03 bits per heavy atom. The second-order valence-electron chi connectivity index (χ2n) is 6.64. The summed E-state index contributed by atoms with van der Waals surface area (Å²) in [5.74, 6) is -4.14. The number of allylic oxidation sites excluding steroid dienone is 1. The lowest BCUT2D eigenvalue weighted by Crippen LogP contribution is -2.58. The average Bonchev–Trinajstić information content (AvgIpc) is 3.08. The van der Waals surface area contributed by atoms with Crippen LogP contribution in [0.1, 0.15) is 18.1 Å². The highest BCUT2D eigenvalue weighted by Crippen LogP contribution is 2.38. The molecule has 162 valence electrons. The first kappa shape index (κ1) is 21.7. The van der Waals surface area contributed by atoms with Gasteiger partial charge in [0.15, 0.2) is 5.82 Å². The first-order chi connectivity index (χ1) is 13.7. The lowest BCUT2D eigenvalue weighted by molar-refractivity contribution is -0.160. The summed E-state index contributed by atoms with van der Waals surface area (Å²) >= 11 is 0. The van der Waals surface area contributed by atoms with Gasteiger partial charge in [0.05, 0.1) is 24.2 Å². The summed E-state index contributed by atoms with van der Waals surface area (Å²) in [5, 5.41) is 3.80. The Bertz CT molecular complexity index is 966. The Morgan fingerprint density at radius 3 is 2.03 bits per heavy atom. The summed E-state index contributed by atoms with van der Waals surface area (Å²) in [6, 6.07) is 0.926. The molecule has 1 aromatic carbocycles. The predicted molar refractivity (Wildman–Crippen MR) is 86.9 cm³/mol. The van der Waals surface area contributed by atoms with Crippen LogP contribution in [0.5, 0.6) is 0 Å². The molecule has 1 saturated heterocycles. The highest BCUT2D eigenvalue weighted by molar-refractivity contribution is 5.92. The van der Waals surface area contributed by atoms with Crippen LogP contribution in [0, 0.1) is 0 Å². The number of rotatable bonds is 3. The molecule has 5 nitrogen and oxygen atoms in total. The highest BCUT2D eigenvalue weighted by atomic mass is 19.4. The summed E-state index contributed by atoms with van der Waals surface area (Å²) in [6.45, 7) is -0.146. The molecule has 0 aliphatic carbocycles. The van der Waals surface area contributed by atoms with Crippen molar-refractivity contribution in [3.63, 3.8) is 0 Å². The molecule has 2 aromatic rings. The molecule has 1 aliphatic rings. The summed E-state index contributed by atoms with van der Waals surface area (Å²) < 4.78 is 104. The minimum absolute atomic E-state index is 0.0207. The number of carbonyl (C=O) groups excluding carboxylic acids is 1. The molecule has 1 fully saturated rings. The fourth-order valence-corrected chi connectivity index (χ4v) is 2.65. The number of aromatic nitrogens is 3. The average molecular weight is 440 g/mol. The maximum Gasteiger partial charge on any atom is 0.416 e. The Balaban J connectivity index is 1.90. The second kappa shape index (κ2) is 7.06. The van der Waals surface area contributed by atoms with E-state index >= 15 is 0 Å². The van der Waals surface area contributed by atoms with Gasteiger partial charge in [0.25, 0.3) is 5.92 Å². The van der Waals surface area contributed by atoms with Gasteiger partial charge in [-0.3, -0.25) is 4.79 Å². The van der Waals surface area contributed by atoms with Gasteiger partial charge < -0.3 is 4.90 Å². The van der Waals surface area contributed by atoms with E-state index in [2.05, 4.69) is 10.1 Å². The molecule has 1 aromatic heterocycles. The molecule has 1 aliphatic heterocycles. The molecule has 1 amide bonds. The molecule has 0 bridgehead atoms. The number of hydrogen-bond acceptors (Lipinski definition) is 3. The summed E-state index contributed by atoms with van der Waals surface area (Å²) in [6.07, 6.45) is -8.12. The van der Waals surface area contributed by atoms with Crippen molar-refractivity contribution in [3.8, 4) is 11.4 Å². The molecule has 2 heterocycles. The molecule has 13 heteroatoms. The number of amides is 1. The third kappa shape index (κ3) is 4.60. The fraction of sp³-hybridized carbons (Fsp3) is 0.353. The van der Waals surface area contributed by atoms with E-state index in [1.54, 1.807) is 0 Å². The third-order valence-electron chi connectivity index (χ3n) is 4.19. The molecule has 0 spiro atoms. The van der Waals surface area contributed by atoms with Crippen molar-refractivity contribution in [2.45, 2.75) is 25.2 Å². The number of halogens is 8. The molecule has 0 saturated carbocycles. The van der Waals surface area contributed by atoms with E-state index in [9.17, 15) is 39.9 Å². The van der Waals surface area contributed by atoms with Crippen molar-refractivity contribution >= 4 is 11.6 Å². The summed E-state index contributed by atoms with van der Waals surface area (Å²) in [5.41, 5.74) is -3.50. The van der Waals surface area contributed by atoms with Gasteiger partial charge in [-0.05, 0) is 25.1 Å². The normalized spacial score (nSPS) is 17.1. The lowest BCUT2D eigenvalue weighted by atomic mass is 10.0. The van der Waals surface area contributed by atoms with Gasteiger partial charge in [0, 0.05) is 17.3 Å². The van der Waals surface area contributed by atoms with Gasteiger partial charge in [-0.1, -0.05) is 0 Å². The first-order valence-corrected chi connectivity index (χ1v) is 8.23. The molecule has 30 heavy (non-hydrogen) atoms.